The van der Waals surface area contributed by atoms with Crippen molar-refractivity contribution in [3.63, 3.8) is 0 Å². The lowest BCUT2D eigenvalue weighted by molar-refractivity contribution is 0.140. The number of pyridine rings is 1. The SMILES string of the molecule is COc1c(CC#N)cnc(F)c1C(F)F. The van der Waals surface area contributed by atoms with Crippen molar-refractivity contribution in [2.24, 2.45) is 0 Å². The minimum absolute atomic E-state index is 0.150. The highest BCUT2D eigenvalue weighted by Gasteiger charge is 2.23. The van der Waals surface area contributed by atoms with E-state index in [0.717, 1.165) is 13.3 Å². The van der Waals surface area contributed by atoms with Crippen LogP contribution in [0.1, 0.15) is 17.6 Å². The molecule has 0 aliphatic rings. The second-order valence-electron chi connectivity index (χ2n) is 2.66. The summed E-state index contributed by atoms with van der Waals surface area (Å²) < 4.78 is 42.5. The zero-order chi connectivity index (χ0) is 11.4. The molecular formula is C9H7F3N2O. The molecule has 0 saturated carbocycles. The Balaban J connectivity index is 3.34. The fraction of sp³-hybridized carbons (Fsp3) is 0.333. The largest absolute Gasteiger partial charge is 0.496 e. The summed E-state index contributed by atoms with van der Waals surface area (Å²) in [4.78, 5) is 3.15. The predicted molar refractivity (Wildman–Crippen MR) is 45.0 cm³/mol. The Hall–Kier alpha value is -1.77. The molecule has 0 saturated heterocycles. The van der Waals surface area contributed by atoms with Gasteiger partial charge < -0.3 is 4.74 Å². The van der Waals surface area contributed by atoms with Crippen LogP contribution >= 0.6 is 0 Å². The van der Waals surface area contributed by atoms with Gasteiger partial charge in [-0.3, -0.25) is 0 Å². The second-order valence-corrected chi connectivity index (χ2v) is 2.66. The van der Waals surface area contributed by atoms with Gasteiger partial charge in [-0.15, -0.1) is 0 Å². The standard InChI is InChI=1S/C9H7F3N2O/c1-15-7-5(2-3-13)4-14-9(12)6(7)8(10)11/h4,8H,2H2,1H3. The topological polar surface area (TPSA) is 45.9 Å². The monoisotopic (exact) mass is 216 g/mol. The molecule has 1 rings (SSSR count). The highest BCUT2D eigenvalue weighted by Crippen LogP contribution is 2.33. The fourth-order valence-electron chi connectivity index (χ4n) is 1.17. The summed E-state index contributed by atoms with van der Waals surface area (Å²) in [7, 11) is 1.14. The molecule has 0 atom stereocenters. The van der Waals surface area contributed by atoms with E-state index in [0.29, 0.717) is 0 Å². The van der Waals surface area contributed by atoms with Gasteiger partial charge in [-0.25, -0.2) is 13.8 Å². The number of rotatable bonds is 3. The molecule has 1 heterocycles. The van der Waals surface area contributed by atoms with Gasteiger partial charge in [0.2, 0.25) is 5.95 Å². The molecule has 0 radical (unpaired) electrons. The summed E-state index contributed by atoms with van der Waals surface area (Å²) in [6.07, 6.45) is -2.16. The summed E-state index contributed by atoms with van der Waals surface area (Å²) in [6.45, 7) is 0. The highest BCUT2D eigenvalue weighted by atomic mass is 19.3. The van der Waals surface area contributed by atoms with Gasteiger partial charge in [0.1, 0.15) is 11.3 Å². The van der Waals surface area contributed by atoms with E-state index in [1.54, 1.807) is 6.07 Å². The van der Waals surface area contributed by atoms with Crippen molar-refractivity contribution >= 4 is 0 Å². The minimum atomic E-state index is -3.02. The molecule has 0 aliphatic heterocycles. The van der Waals surface area contributed by atoms with Crippen molar-refractivity contribution in [3.8, 4) is 11.8 Å². The number of hydrogen-bond acceptors (Lipinski definition) is 3. The lowest BCUT2D eigenvalue weighted by Gasteiger charge is -2.11. The van der Waals surface area contributed by atoms with Crippen LogP contribution in [0.4, 0.5) is 13.2 Å². The Bertz CT molecular complexity index is 401. The minimum Gasteiger partial charge on any atom is -0.496 e. The first-order valence-electron chi connectivity index (χ1n) is 3.98. The van der Waals surface area contributed by atoms with Gasteiger partial charge in [0.25, 0.3) is 6.43 Å². The summed E-state index contributed by atoms with van der Waals surface area (Å²) in [5.74, 6) is -1.58. The second kappa shape index (κ2) is 4.64. The van der Waals surface area contributed by atoms with Gasteiger partial charge in [0, 0.05) is 11.8 Å². The third-order valence-corrected chi connectivity index (χ3v) is 1.78. The number of methoxy groups -OCH3 is 1. The number of ether oxygens (including phenoxy) is 1. The van der Waals surface area contributed by atoms with Crippen LogP contribution in [0.5, 0.6) is 5.75 Å². The van der Waals surface area contributed by atoms with Crippen LogP contribution in [0.3, 0.4) is 0 Å². The molecule has 0 bridgehead atoms. The van der Waals surface area contributed by atoms with E-state index >= 15 is 0 Å². The van der Waals surface area contributed by atoms with E-state index in [1.165, 1.54) is 0 Å². The van der Waals surface area contributed by atoms with Crippen molar-refractivity contribution < 1.29 is 17.9 Å². The maximum absolute atomic E-state index is 13.0. The van der Waals surface area contributed by atoms with E-state index in [1.807, 2.05) is 0 Å². The number of alkyl halides is 2. The maximum atomic E-state index is 13.0. The lowest BCUT2D eigenvalue weighted by Crippen LogP contribution is -2.03. The van der Waals surface area contributed by atoms with Crippen LogP contribution in [-0.2, 0) is 6.42 Å². The van der Waals surface area contributed by atoms with Gasteiger partial charge in [0.05, 0.1) is 19.6 Å². The van der Waals surface area contributed by atoms with Crippen LogP contribution in [0, 0.1) is 17.3 Å². The summed E-state index contributed by atoms with van der Waals surface area (Å²) in [5.41, 5.74) is -0.748. The van der Waals surface area contributed by atoms with Crippen LogP contribution in [0.15, 0.2) is 6.20 Å². The van der Waals surface area contributed by atoms with Crippen molar-refractivity contribution in [3.05, 3.63) is 23.3 Å². The summed E-state index contributed by atoms with van der Waals surface area (Å²) in [6, 6.07) is 1.76. The molecule has 0 N–H and O–H groups in total. The van der Waals surface area contributed by atoms with Gasteiger partial charge in [-0.1, -0.05) is 0 Å². The summed E-state index contributed by atoms with van der Waals surface area (Å²) >= 11 is 0. The Morgan fingerprint density at radius 1 is 1.60 bits per heavy atom. The van der Waals surface area contributed by atoms with E-state index in [2.05, 4.69) is 9.72 Å². The first-order valence-corrected chi connectivity index (χ1v) is 3.98. The molecule has 0 aliphatic carbocycles. The Morgan fingerprint density at radius 3 is 2.73 bits per heavy atom. The predicted octanol–water partition coefficient (Wildman–Crippen LogP) is 2.23. The number of halogens is 3. The summed E-state index contributed by atoms with van der Waals surface area (Å²) in [5, 5.41) is 8.42. The smallest absolute Gasteiger partial charge is 0.271 e. The normalized spacial score (nSPS) is 10.1. The fourth-order valence-corrected chi connectivity index (χ4v) is 1.17. The number of nitriles is 1. The first kappa shape index (κ1) is 11.3. The van der Waals surface area contributed by atoms with Crippen LogP contribution in [0.2, 0.25) is 0 Å². The zero-order valence-corrected chi connectivity index (χ0v) is 7.80. The molecule has 1 aromatic heterocycles. The third kappa shape index (κ3) is 2.18. The van der Waals surface area contributed by atoms with E-state index in [4.69, 9.17) is 5.26 Å². The van der Waals surface area contributed by atoms with E-state index < -0.39 is 17.9 Å². The zero-order valence-electron chi connectivity index (χ0n) is 7.80. The molecule has 15 heavy (non-hydrogen) atoms. The van der Waals surface area contributed by atoms with E-state index in [-0.39, 0.29) is 17.7 Å². The number of hydrogen-bond donors (Lipinski definition) is 0. The molecule has 80 valence electrons. The quantitative estimate of drug-likeness (QED) is 0.728. The van der Waals surface area contributed by atoms with Gasteiger partial charge >= 0.3 is 0 Å². The van der Waals surface area contributed by atoms with E-state index in [9.17, 15) is 13.2 Å². The van der Waals surface area contributed by atoms with Crippen LogP contribution in [0.25, 0.3) is 0 Å². The molecule has 0 spiro atoms. The number of nitrogens with zero attached hydrogens (tertiary/aromatic N) is 2. The Morgan fingerprint density at radius 2 is 2.27 bits per heavy atom. The molecular weight excluding hydrogens is 209 g/mol. The molecule has 0 fully saturated rings. The highest BCUT2D eigenvalue weighted by molar-refractivity contribution is 5.41. The lowest BCUT2D eigenvalue weighted by atomic mass is 10.1. The average Bonchev–Trinajstić information content (AvgIpc) is 2.19. The molecule has 6 heteroatoms. The molecule has 1 aromatic rings. The van der Waals surface area contributed by atoms with Crippen LogP contribution in [-0.4, -0.2) is 12.1 Å². The van der Waals surface area contributed by atoms with Crippen molar-refractivity contribution in [2.75, 3.05) is 7.11 Å². The molecule has 0 amide bonds. The van der Waals surface area contributed by atoms with Crippen LogP contribution < -0.4 is 4.74 Å². The Kier molecular flexibility index (Phi) is 3.50. The molecule has 0 unspecified atom stereocenters. The Labute approximate surface area is 84.1 Å². The van der Waals surface area contributed by atoms with Gasteiger partial charge in [-0.05, 0) is 0 Å². The first-order chi connectivity index (χ1) is 7.11. The third-order valence-electron chi connectivity index (χ3n) is 1.78. The van der Waals surface area contributed by atoms with Crippen molar-refractivity contribution in [2.45, 2.75) is 12.8 Å². The van der Waals surface area contributed by atoms with Crippen molar-refractivity contribution in [1.29, 1.82) is 5.26 Å². The van der Waals surface area contributed by atoms with Crippen molar-refractivity contribution in [1.82, 2.24) is 4.98 Å². The van der Waals surface area contributed by atoms with Gasteiger partial charge in [0.15, 0.2) is 0 Å². The maximum Gasteiger partial charge on any atom is 0.271 e. The molecule has 3 nitrogen and oxygen atoms in total. The number of aromatic nitrogens is 1. The van der Waals surface area contributed by atoms with Gasteiger partial charge in [-0.2, -0.15) is 9.65 Å². The average molecular weight is 216 g/mol. The molecule has 0 aromatic carbocycles.